The van der Waals surface area contributed by atoms with Crippen molar-refractivity contribution in [3.05, 3.63) is 80.8 Å². The van der Waals surface area contributed by atoms with Gasteiger partial charge in [-0.05, 0) is 25.5 Å². The van der Waals surface area contributed by atoms with Crippen LogP contribution in [-0.2, 0) is 9.53 Å². The number of rotatable bonds is 8. The smallest absolute Gasteiger partial charge is 0.343 e. The lowest BCUT2D eigenvalue weighted by Crippen LogP contribution is -2.21. The molecule has 0 amide bonds. The minimum Gasteiger partial charge on any atom is -0.462 e. The number of para-hydroxylation sites is 1. The third-order valence-electron chi connectivity index (χ3n) is 3.98. The standard InChI is InChI=1S/C20H17F3N2O5/c1-3-9-30-20(27)13(10-24-12-7-5-4-6-8-12)19(26)14-15(21)11(2)16(22)17(23)18(14)25(28)29/h4-8,10,24H,3,9H2,1-2H3. The molecular formula is C20H17F3N2O5. The van der Waals surface area contributed by atoms with E-state index in [0.29, 0.717) is 12.1 Å². The quantitative estimate of drug-likeness (QED) is 0.0986. The Morgan fingerprint density at radius 2 is 1.77 bits per heavy atom. The number of ether oxygens (including phenoxy) is 1. The predicted octanol–water partition coefficient (Wildman–Crippen LogP) is 4.45. The summed E-state index contributed by atoms with van der Waals surface area (Å²) in [5, 5.41) is 13.9. The molecule has 158 valence electrons. The Balaban J connectivity index is 2.63. The topological polar surface area (TPSA) is 98.5 Å². The van der Waals surface area contributed by atoms with E-state index in [1.165, 1.54) is 0 Å². The first-order valence-corrected chi connectivity index (χ1v) is 8.75. The normalized spacial score (nSPS) is 11.2. The van der Waals surface area contributed by atoms with E-state index in [0.717, 1.165) is 13.1 Å². The summed E-state index contributed by atoms with van der Waals surface area (Å²) in [5.74, 6) is -8.16. The first-order valence-electron chi connectivity index (χ1n) is 8.75. The molecule has 0 spiro atoms. The van der Waals surface area contributed by atoms with Crippen LogP contribution in [0.1, 0.15) is 29.3 Å². The van der Waals surface area contributed by atoms with E-state index in [2.05, 4.69) is 5.32 Å². The van der Waals surface area contributed by atoms with Crippen LogP contribution >= 0.6 is 0 Å². The molecule has 0 bridgehead atoms. The van der Waals surface area contributed by atoms with E-state index >= 15 is 0 Å². The molecule has 0 atom stereocenters. The van der Waals surface area contributed by atoms with Crippen molar-refractivity contribution in [3.8, 4) is 0 Å². The molecule has 0 saturated carbocycles. The number of ketones is 1. The molecule has 2 aromatic rings. The summed E-state index contributed by atoms with van der Waals surface area (Å²) < 4.78 is 47.4. The van der Waals surface area contributed by atoms with Gasteiger partial charge in [0.1, 0.15) is 17.0 Å². The molecule has 2 aromatic carbocycles. The van der Waals surface area contributed by atoms with E-state index < -0.39 is 56.5 Å². The number of carbonyl (C=O) groups is 2. The molecule has 7 nitrogen and oxygen atoms in total. The molecule has 0 aromatic heterocycles. The van der Waals surface area contributed by atoms with Gasteiger partial charge in [0.05, 0.1) is 11.5 Å². The summed E-state index contributed by atoms with van der Waals surface area (Å²) in [7, 11) is 0. The first kappa shape index (κ1) is 22.6. The van der Waals surface area contributed by atoms with Crippen LogP contribution in [0.15, 0.2) is 42.1 Å². The maximum absolute atomic E-state index is 14.6. The number of carbonyl (C=O) groups excluding carboxylic acids is 2. The van der Waals surface area contributed by atoms with Crippen LogP contribution in [0, 0.1) is 34.5 Å². The highest BCUT2D eigenvalue weighted by atomic mass is 19.2. The lowest BCUT2D eigenvalue weighted by atomic mass is 9.98. The fourth-order valence-electron chi connectivity index (χ4n) is 2.46. The first-order chi connectivity index (χ1) is 14.2. The Labute approximate surface area is 169 Å². The van der Waals surface area contributed by atoms with Gasteiger partial charge in [0.15, 0.2) is 5.82 Å². The van der Waals surface area contributed by atoms with Crippen molar-refractivity contribution in [2.45, 2.75) is 20.3 Å². The van der Waals surface area contributed by atoms with Gasteiger partial charge in [-0.2, -0.15) is 4.39 Å². The van der Waals surface area contributed by atoms with E-state index in [-0.39, 0.29) is 6.61 Å². The largest absolute Gasteiger partial charge is 0.462 e. The SMILES string of the molecule is CCCOC(=O)C(=CNc1ccccc1)C(=O)c1c(F)c(C)c(F)c(F)c1[N+](=O)[O-]. The number of hydrogen-bond donors (Lipinski definition) is 1. The van der Waals surface area contributed by atoms with Crippen molar-refractivity contribution in [1.29, 1.82) is 0 Å². The molecule has 0 saturated heterocycles. The van der Waals surface area contributed by atoms with Crippen molar-refractivity contribution in [2.75, 3.05) is 11.9 Å². The van der Waals surface area contributed by atoms with Crippen LogP contribution in [0.25, 0.3) is 0 Å². The number of nitro groups is 1. The number of esters is 1. The second kappa shape index (κ2) is 9.68. The number of nitrogens with zero attached hydrogens (tertiary/aromatic N) is 1. The fourth-order valence-corrected chi connectivity index (χ4v) is 2.46. The van der Waals surface area contributed by atoms with Crippen LogP contribution in [-0.4, -0.2) is 23.3 Å². The van der Waals surface area contributed by atoms with Crippen molar-refractivity contribution in [2.24, 2.45) is 0 Å². The van der Waals surface area contributed by atoms with Gasteiger partial charge in [0.2, 0.25) is 11.6 Å². The van der Waals surface area contributed by atoms with Crippen LogP contribution in [0.5, 0.6) is 0 Å². The van der Waals surface area contributed by atoms with Crippen molar-refractivity contribution >= 4 is 23.1 Å². The van der Waals surface area contributed by atoms with E-state index in [1.54, 1.807) is 37.3 Å². The second-order valence-corrected chi connectivity index (χ2v) is 6.08. The Hall–Kier alpha value is -3.69. The summed E-state index contributed by atoms with van der Waals surface area (Å²) in [6.45, 7) is 2.41. The summed E-state index contributed by atoms with van der Waals surface area (Å²) >= 11 is 0. The summed E-state index contributed by atoms with van der Waals surface area (Å²) in [6.07, 6.45) is 1.27. The molecular weight excluding hydrogens is 405 g/mol. The van der Waals surface area contributed by atoms with Gasteiger partial charge in [-0.1, -0.05) is 25.1 Å². The second-order valence-electron chi connectivity index (χ2n) is 6.08. The van der Waals surface area contributed by atoms with Gasteiger partial charge < -0.3 is 10.1 Å². The maximum atomic E-state index is 14.6. The Bertz CT molecular complexity index is 1020. The molecule has 30 heavy (non-hydrogen) atoms. The average molecular weight is 422 g/mol. The van der Waals surface area contributed by atoms with Crippen LogP contribution < -0.4 is 5.32 Å². The Kier molecular flexibility index (Phi) is 7.29. The third kappa shape index (κ3) is 4.65. The van der Waals surface area contributed by atoms with Crippen molar-refractivity contribution < 1.29 is 32.4 Å². The molecule has 0 aliphatic carbocycles. The minimum atomic E-state index is -2.00. The number of hydrogen-bond acceptors (Lipinski definition) is 6. The Morgan fingerprint density at radius 1 is 1.13 bits per heavy atom. The molecule has 0 fully saturated rings. The number of anilines is 1. The fraction of sp³-hybridized carbons (Fsp3) is 0.200. The summed E-state index contributed by atoms with van der Waals surface area (Å²) in [6, 6.07) is 8.17. The number of nitro benzene ring substituents is 1. The summed E-state index contributed by atoms with van der Waals surface area (Å²) in [5.41, 5.74) is -4.39. The van der Waals surface area contributed by atoms with Crippen LogP contribution in [0.4, 0.5) is 24.5 Å². The van der Waals surface area contributed by atoms with Gasteiger partial charge in [-0.3, -0.25) is 14.9 Å². The van der Waals surface area contributed by atoms with Crippen LogP contribution in [0.2, 0.25) is 0 Å². The lowest BCUT2D eigenvalue weighted by molar-refractivity contribution is -0.388. The molecule has 10 heteroatoms. The number of nitrogens with one attached hydrogen (secondary N) is 1. The van der Waals surface area contributed by atoms with E-state index in [9.17, 15) is 32.9 Å². The third-order valence-corrected chi connectivity index (χ3v) is 3.98. The van der Waals surface area contributed by atoms with Gasteiger partial charge in [0, 0.05) is 17.5 Å². The highest BCUT2D eigenvalue weighted by molar-refractivity contribution is 6.25. The van der Waals surface area contributed by atoms with E-state index in [1.807, 2.05) is 0 Å². The molecule has 0 radical (unpaired) electrons. The number of Topliss-reactive ketones (excluding diaryl/α,β-unsaturated/α-hetero) is 1. The maximum Gasteiger partial charge on any atom is 0.343 e. The molecule has 1 N–H and O–H groups in total. The zero-order chi connectivity index (χ0) is 22.4. The van der Waals surface area contributed by atoms with Gasteiger partial charge in [-0.15, -0.1) is 0 Å². The highest BCUT2D eigenvalue weighted by Gasteiger charge is 2.37. The minimum absolute atomic E-state index is 0.0871. The van der Waals surface area contributed by atoms with Gasteiger partial charge in [-0.25, -0.2) is 13.6 Å². The van der Waals surface area contributed by atoms with Gasteiger partial charge >= 0.3 is 11.7 Å². The number of benzene rings is 2. The molecule has 2 rings (SSSR count). The molecule has 0 heterocycles. The zero-order valence-electron chi connectivity index (χ0n) is 16.0. The molecule has 0 aliphatic rings. The van der Waals surface area contributed by atoms with Crippen molar-refractivity contribution in [3.63, 3.8) is 0 Å². The monoisotopic (exact) mass is 422 g/mol. The van der Waals surface area contributed by atoms with Crippen LogP contribution in [0.3, 0.4) is 0 Å². The summed E-state index contributed by atoms with van der Waals surface area (Å²) in [4.78, 5) is 35.1. The lowest BCUT2D eigenvalue weighted by Gasteiger charge is -2.11. The average Bonchev–Trinajstić information content (AvgIpc) is 2.73. The Morgan fingerprint density at radius 3 is 2.33 bits per heavy atom. The zero-order valence-corrected chi connectivity index (χ0v) is 16.0. The predicted molar refractivity (Wildman–Crippen MR) is 101 cm³/mol. The highest BCUT2D eigenvalue weighted by Crippen LogP contribution is 2.32. The van der Waals surface area contributed by atoms with Gasteiger partial charge in [0.25, 0.3) is 0 Å². The molecule has 0 aliphatic heterocycles. The molecule has 0 unspecified atom stereocenters. The van der Waals surface area contributed by atoms with E-state index in [4.69, 9.17) is 4.74 Å². The number of halogens is 3. The van der Waals surface area contributed by atoms with Crippen molar-refractivity contribution in [1.82, 2.24) is 0 Å².